The van der Waals surface area contributed by atoms with Gasteiger partial charge in [-0.1, -0.05) is 19.1 Å². The van der Waals surface area contributed by atoms with E-state index in [2.05, 4.69) is 5.32 Å². The van der Waals surface area contributed by atoms with Crippen LogP contribution in [0.4, 0.5) is 0 Å². The van der Waals surface area contributed by atoms with Crippen LogP contribution in [0.5, 0.6) is 0 Å². The Balaban J connectivity index is 2.15. The average Bonchev–Trinajstić information content (AvgIpc) is 2.58. The molecule has 1 saturated heterocycles. The second-order valence-corrected chi connectivity index (χ2v) is 4.44. The van der Waals surface area contributed by atoms with Crippen LogP contribution < -0.4 is 11.1 Å². The van der Waals surface area contributed by atoms with E-state index >= 15 is 0 Å². The van der Waals surface area contributed by atoms with Gasteiger partial charge in [0.15, 0.2) is 0 Å². The first-order valence-electron chi connectivity index (χ1n) is 5.29. The molecule has 2 atom stereocenters. The highest BCUT2D eigenvalue weighted by atomic mass is 32.1. The number of nitrogens with one attached hydrogen (secondary N) is 1. The highest BCUT2D eigenvalue weighted by molar-refractivity contribution is 7.80. The summed E-state index contributed by atoms with van der Waals surface area (Å²) in [7, 11) is 0. The van der Waals surface area contributed by atoms with Crippen LogP contribution in [0, 0.1) is 5.92 Å². The lowest BCUT2D eigenvalue weighted by Crippen LogP contribution is -2.37. The monoisotopic (exact) mass is 230 g/mol. The lowest BCUT2D eigenvalue weighted by Gasteiger charge is -2.14. The summed E-state index contributed by atoms with van der Waals surface area (Å²) < 4.78 is 5.34. The summed E-state index contributed by atoms with van der Waals surface area (Å²) in [5, 5.41) is 2.83. The third kappa shape index (κ3) is 4.13. The van der Waals surface area contributed by atoms with E-state index in [9.17, 15) is 4.79 Å². The lowest BCUT2D eigenvalue weighted by atomic mass is 10.0. The van der Waals surface area contributed by atoms with E-state index in [4.69, 9.17) is 22.7 Å². The second-order valence-electron chi connectivity index (χ2n) is 3.92. The zero-order chi connectivity index (χ0) is 11.3. The average molecular weight is 230 g/mol. The molecule has 0 aromatic rings. The topological polar surface area (TPSA) is 64.3 Å². The van der Waals surface area contributed by atoms with Crippen molar-refractivity contribution in [2.45, 2.75) is 32.3 Å². The normalized spacial score (nSPS) is 25.1. The third-order valence-corrected chi connectivity index (χ3v) is 2.75. The fourth-order valence-corrected chi connectivity index (χ4v) is 1.75. The Morgan fingerprint density at radius 1 is 1.67 bits per heavy atom. The lowest BCUT2D eigenvalue weighted by molar-refractivity contribution is -0.131. The van der Waals surface area contributed by atoms with Crippen molar-refractivity contribution in [1.29, 1.82) is 0 Å². The number of carbonyl (C=O) groups is 1. The number of amides is 1. The maximum absolute atomic E-state index is 11.6. The Hall–Kier alpha value is -0.680. The number of hydrogen-bond acceptors (Lipinski definition) is 3. The maximum Gasteiger partial charge on any atom is 0.249 e. The van der Waals surface area contributed by atoms with E-state index in [1.54, 1.807) is 0 Å². The Morgan fingerprint density at radius 2 is 2.40 bits per heavy atom. The van der Waals surface area contributed by atoms with Gasteiger partial charge in [-0.2, -0.15) is 0 Å². The van der Waals surface area contributed by atoms with E-state index < -0.39 is 0 Å². The van der Waals surface area contributed by atoms with E-state index in [1.165, 1.54) is 0 Å². The van der Waals surface area contributed by atoms with Gasteiger partial charge in [-0.25, -0.2) is 0 Å². The molecule has 0 aliphatic carbocycles. The van der Waals surface area contributed by atoms with Crippen molar-refractivity contribution in [2.24, 2.45) is 11.7 Å². The molecule has 4 nitrogen and oxygen atoms in total. The Morgan fingerprint density at radius 3 is 2.93 bits per heavy atom. The molecule has 86 valence electrons. The van der Waals surface area contributed by atoms with Crippen LogP contribution in [-0.4, -0.2) is 30.2 Å². The summed E-state index contributed by atoms with van der Waals surface area (Å²) in [5.41, 5.74) is 5.35. The molecular weight excluding hydrogens is 212 g/mol. The third-order valence-electron chi connectivity index (χ3n) is 2.55. The SMILES string of the molecule is CC1CCOC1C(=O)NCCCC(N)=S. The number of thiocarbonyl (C=S) groups is 1. The van der Waals surface area contributed by atoms with Crippen LogP contribution in [0.15, 0.2) is 0 Å². The molecular formula is C10H18N2O2S. The molecule has 1 aliphatic heterocycles. The van der Waals surface area contributed by atoms with Gasteiger partial charge in [-0.15, -0.1) is 0 Å². The standard InChI is InChI=1S/C10H18N2O2S/c1-7-4-6-14-9(7)10(13)12-5-2-3-8(11)15/h7,9H,2-6H2,1H3,(H2,11,15)(H,12,13). The summed E-state index contributed by atoms with van der Waals surface area (Å²) in [5.74, 6) is 0.309. The quantitative estimate of drug-likeness (QED) is 0.536. The summed E-state index contributed by atoms with van der Waals surface area (Å²) >= 11 is 4.74. The molecule has 0 aromatic heterocycles. The summed E-state index contributed by atoms with van der Waals surface area (Å²) in [6.45, 7) is 3.33. The van der Waals surface area contributed by atoms with Gasteiger partial charge < -0.3 is 15.8 Å². The predicted octanol–water partition coefficient (Wildman–Crippen LogP) is 0.594. The first kappa shape index (κ1) is 12.4. The number of rotatable bonds is 5. The van der Waals surface area contributed by atoms with Gasteiger partial charge in [0.05, 0.1) is 4.99 Å². The van der Waals surface area contributed by atoms with Gasteiger partial charge in [0.1, 0.15) is 6.10 Å². The first-order valence-corrected chi connectivity index (χ1v) is 5.69. The molecule has 5 heteroatoms. The van der Waals surface area contributed by atoms with Crippen molar-refractivity contribution in [3.63, 3.8) is 0 Å². The van der Waals surface area contributed by atoms with Gasteiger partial charge >= 0.3 is 0 Å². The molecule has 0 radical (unpaired) electrons. The van der Waals surface area contributed by atoms with Crippen molar-refractivity contribution < 1.29 is 9.53 Å². The van der Waals surface area contributed by atoms with Gasteiger partial charge in [0.25, 0.3) is 0 Å². The first-order chi connectivity index (χ1) is 7.11. The molecule has 1 heterocycles. The predicted molar refractivity (Wildman–Crippen MR) is 62.6 cm³/mol. The maximum atomic E-state index is 11.6. The highest BCUT2D eigenvalue weighted by Crippen LogP contribution is 2.19. The van der Waals surface area contributed by atoms with Gasteiger partial charge in [-0.3, -0.25) is 4.79 Å². The second kappa shape index (κ2) is 6.02. The minimum atomic E-state index is -0.269. The van der Waals surface area contributed by atoms with Crippen LogP contribution in [0.1, 0.15) is 26.2 Å². The molecule has 0 saturated carbocycles. The minimum Gasteiger partial charge on any atom is -0.393 e. The summed E-state index contributed by atoms with van der Waals surface area (Å²) in [4.78, 5) is 12.1. The molecule has 1 rings (SSSR count). The number of ether oxygens (including phenoxy) is 1. The molecule has 2 unspecified atom stereocenters. The Bertz CT molecular complexity index is 246. The largest absolute Gasteiger partial charge is 0.393 e. The van der Waals surface area contributed by atoms with E-state index in [0.717, 1.165) is 12.8 Å². The van der Waals surface area contributed by atoms with E-state index in [-0.39, 0.29) is 12.0 Å². The van der Waals surface area contributed by atoms with Crippen LogP contribution in [0.25, 0.3) is 0 Å². The highest BCUT2D eigenvalue weighted by Gasteiger charge is 2.30. The minimum absolute atomic E-state index is 0.0112. The zero-order valence-corrected chi connectivity index (χ0v) is 9.81. The van der Waals surface area contributed by atoms with Crippen molar-refractivity contribution in [2.75, 3.05) is 13.2 Å². The smallest absolute Gasteiger partial charge is 0.249 e. The van der Waals surface area contributed by atoms with Crippen molar-refractivity contribution in [1.82, 2.24) is 5.32 Å². The molecule has 1 fully saturated rings. The molecule has 15 heavy (non-hydrogen) atoms. The Kier molecular flexibility index (Phi) is 4.98. The number of nitrogens with two attached hydrogens (primary N) is 1. The fraction of sp³-hybridized carbons (Fsp3) is 0.800. The molecule has 1 amide bonds. The van der Waals surface area contributed by atoms with Crippen LogP contribution in [0.3, 0.4) is 0 Å². The van der Waals surface area contributed by atoms with Crippen molar-refractivity contribution >= 4 is 23.1 Å². The molecule has 0 bridgehead atoms. The van der Waals surface area contributed by atoms with Crippen LogP contribution in [0.2, 0.25) is 0 Å². The van der Waals surface area contributed by atoms with E-state index in [0.29, 0.717) is 30.5 Å². The van der Waals surface area contributed by atoms with Crippen LogP contribution >= 0.6 is 12.2 Å². The number of hydrogen-bond donors (Lipinski definition) is 2. The number of carbonyl (C=O) groups excluding carboxylic acids is 1. The molecule has 1 aliphatic rings. The Labute approximate surface area is 95.5 Å². The van der Waals surface area contributed by atoms with Gasteiger partial charge in [0.2, 0.25) is 5.91 Å². The zero-order valence-electron chi connectivity index (χ0n) is 8.99. The van der Waals surface area contributed by atoms with Gasteiger partial charge in [0, 0.05) is 13.2 Å². The van der Waals surface area contributed by atoms with Gasteiger partial charge in [-0.05, 0) is 25.2 Å². The summed E-state index contributed by atoms with van der Waals surface area (Å²) in [6, 6.07) is 0. The fourth-order valence-electron chi connectivity index (χ4n) is 1.61. The van der Waals surface area contributed by atoms with Crippen LogP contribution in [-0.2, 0) is 9.53 Å². The summed E-state index contributed by atoms with van der Waals surface area (Å²) in [6.07, 6.45) is 2.17. The molecule has 0 spiro atoms. The molecule has 0 aromatic carbocycles. The van der Waals surface area contributed by atoms with Crippen molar-refractivity contribution in [3.05, 3.63) is 0 Å². The van der Waals surface area contributed by atoms with Crippen molar-refractivity contribution in [3.8, 4) is 0 Å². The van der Waals surface area contributed by atoms with E-state index in [1.807, 2.05) is 6.92 Å². The molecule has 3 N–H and O–H groups in total.